The lowest BCUT2D eigenvalue weighted by Gasteiger charge is -2.13. The Morgan fingerprint density at radius 1 is 1.12 bits per heavy atom. The van der Waals surface area contributed by atoms with Crippen LogP contribution in [0.25, 0.3) is 0 Å². The van der Waals surface area contributed by atoms with E-state index in [-0.39, 0.29) is 5.91 Å². The molecule has 0 saturated carbocycles. The molecule has 0 aliphatic heterocycles. The number of amides is 1. The number of rotatable bonds is 5. The number of hydrogen-bond acceptors (Lipinski definition) is 6. The second-order valence-corrected chi connectivity index (χ2v) is 6.28. The molecule has 2 heterocycles. The number of aromatic nitrogens is 4. The Morgan fingerprint density at radius 2 is 1.85 bits per heavy atom. The Bertz CT molecular complexity index is 938. The first-order valence-electron chi connectivity index (χ1n) is 7.81. The van der Waals surface area contributed by atoms with Crippen LogP contribution in [0.3, 0.4) is 0 Å². The Morgan fingerprint density at radius 3 is 2.50 bits per heavy atom. The second-order valence-electron chi connectivity index (χ2n) is 5.87. The summed E-state index contributed by atoms with van der Waals surface area (Å²) in [5.74, 6) is 1.54. The Hall–Kier alpha value is -3.13. The molecule has 134 valence electrons. The summed E-state index contributed by atoms with van der Waals surface area (Å²) in [6.45, 7) is 1.91. The van der Waals surface area contributed by atoms with Crippen molar-refractivity contribution < 1.29 is 4.79 Å². The second kappa shape index (κ2) is 7.40. The highest BCUT2D eigenvalue weighted by atomic mass is 35.5. The van der Waals surface area contributed by atoms with E-state index in [0.29, 0.717) is 33.7 Å². The van der Waals surface area contributed by atoms with Gasteiger partial charge in [-0.2, -0.15) is 5.10 Å². The highest BCUT2D eigenvalue weighted by molar-refractivity contribution is 6.34. The highest BCUT2D eigenvalue weighted by Gasteiger charge is 2.13. The minimum absolute atomic E-state index is 0.172. The standard InChI is InChI=1S/C17H18ClN7O/c1-10-6-14(24-23-10)21-16-9-19-8-15(22-16)20-11-4-5-13(18)12(7-11)17(26)25(2)3/h4-9H,1-3H3,(H3,20,21,22,23,24). The van der Waals surface area contributed by atoms with Gasteiger partial charge in [-0.25, -0.2) is 4.98 Å². The van der Waals surface area contributed by atoms with Crippen LogP contribution in [0.4, 0.5) is 23.1 Å². The largest absolute Gasteiger partial charge is 0.345 e. The third kappa shape index (κ3) is 4.09. The number of H-pyrrole nitrogens is 1. The van der Waals surface area contributed by atoms with E-state index in [9.17, 15) is 4.79 Å². The lowest BCUT2D eigenvalue weighted by atomic mass is 10.1. The van der Waals surface area contributed by atoms with E-state index in [1.165, 1.54) is 4.90 Å². The van der Waals surface area contributed by atoms with Crippen molar-refractivity contribution in [3.63, 3.8) is 0 Å². The smallest absolute Gasteiger partial charge is 0.254 e. The third-order valence-corrected chi connectivity index (χ3v) is 3.80. The molecule has 0 atom stereocenters. The zero-order valence-corrected chi connectivity index (χ0v) is 15.3. The molecule has 0 radical (unpaired) electrons. The summed E-state index contributed by atoms with van der Waals surface area (Å²) in [6, 6.07) is 6.99. The van der Waals surface area contributed by atoms with Crippen LogP contribution in [-0.2, 0) is 0 Å². The molecule has 26 heavy (non-hydrogen) atoms. The number of halogens is 1. The molecule has 0 aliphatic carbocycles. The maximum absolute atomic E-state index is 12.2. The van der Waals surface area contributed by atoms with Crippen molar-refractivity contribution in [3.05, 3.63) is 52.9 Å². The van der Waals surface area contributed by atoms with E-state index >= 15 is 0 Å². The summed E-state index contributed by atoms with van der Waals surface area (Å²) in [5.41, 5.74) is 2.03. The molecule has 1 aromatic carbocycles. The van der Waals surface area contributed by atoms with Crippen molar-refractivity contribution in [2.24, 2.45) is 0 Å². The first kappa shape index (κ1) is 17.7. The third-order valence-electron chi connectivity index (χ3n) is 3.47. The fourth-order valence-corrected chi connectivity index (χ4v) is 2.45. The van der Waals surface area contributed by atoms with Gasteiger partial charge in [-0.05, 0) is 25.1 Å². The van der Waals surface area contributed by atoms with Gasteiger partial charge in [0, 0.05) is 31.5 Å². The van der Waals surface area contributed by atoms with Crippen LogP contribution in [-0.4, -0.2) is 45.1 Å². The van der Waals surface area contributed by atoms with Crippen LogP contribution < -0.4 is 10.6 Å². The quantitative estimate of drug-likeness (QED) is 0.636. The molecular formula is C17H18ClN7O. The molecule has 3 aromatic rings. The van der Waals surface area contributed by atoms with E-state index in [1.54, 1.807) is 44.7 Å². The molecular weight excluding hydrogens is 354 g/mol. The summed E-state index contributed by atoms with van der Waals surface area (Å²) in [4.78, 5) is 22.3. The molecule has 0 fully saturated rings. The molecule has 0 saturated heterocycles. The van der Waals surface area contributed by atoms with E-state index in [1.807, 2.05) is 13.0 Å². The molecule has 0 spiro atoms. The van der Waals surface area contributed by atoms with Gasteiger partial charge in [0.2, 0.25) is 0 Å². The van der Waals surface area contributed by atoms with Gasteiger partial charge < -0.3 is 15.5 Å². The molecule has 8 nitrogen and oxygen atoms in total. The van der Waals surface area contributed by atoms with Crippen molar-refractivity contribution in [1.82, 2.24) is 25.1 Å². The zero-order valence-electron chi connectivity index (χ0n) is 14.5. The number of carbonyl (C=O) groups is 1. The predicted octanol–water partition coefficient (Wildman–Crippen LogP) is 3.35. The first-order chi connectivity index (χ1) is 12.4. The molecule has 3 rings (SSSR count). The average molecular weight is 372 g/mol. The minimum atomic E-state index is -0.172. The number of nitrogens with one attached hydrogen (secondary N) is 3. The lowest BCUT2D eigenvalue weighted by Crippen LogP contribution is -2.22. The minimum Gasteiger partial charge on any atom is -0.345 e. The Kier molecular flexibility index (Phi) is 5.04. The predicted molar refractivity (Wildman–Crippen MR) is 101 cm³/mol. The van der Waals surface area contributed by atoms with Crippen molar-refractivity contribution >= 4 is 40.6 Å². The van der Waals surface area contributed by atoms with Gasteiger partial charge in [0.25, 0.3) is 5.91 Å². The van der Waals surface area contributed by atoms with Gasteiger partial charge in [0.05, 0.1) is 23.0 Å². The van der Waals surface area contributed by atoms with Crippen molar-refractivity contribution in [2.75, 3.05) is 24.7 Å². The SMILES string of the molecule is Cc1cc(Nc2cncc(Nc3ccc(Cl)c(C(=O)N(C)C)c3)n2)n[nH]1. The van der Waals surface area contributed by atoms with Crippen molar-refractivity contribution in [1.29, 1.82) is 0 Å². The lowest BCUT2D eigenvalue weighted by molar-refractivity contribution is 0.0828. The van der Waals surface area contributed by atoms with Crippen LogP contribution in [0, 0.1) is 6.92 Å². The number of hydrogen-bond donors (Lipinski definition) is 3. The summed E-state index contributed by atoms with van der Waals surface area (Å²) in [6.07, 6.45) is 3.18. The van der Waals surface area contributed by atoms with Crippen LogP contribution in [0.5, 0.6) is 0 Å². The first-order valence-corrected chi connectivity index (χ1v) is 8.19. The molecule has 1 amide bonds. The summed E-state index contributed by atoms with van der Waals surface area (Å²) >= 11 is 6.13. The fraction of sp³-hybridized carbons (Fsp3) is 0.176. The molecule has 3 N–H and O–H groups in total. The van der Waals surface area contributed by atoms with Gasteiger partial charge in [-0.15, -0.1) is 0 Å². The fourth-order valence-electron chi connectivity index (χ4n) is 2.26. The molecule has 0 unspecified atom stereocenters. The topological polar surface area (TPSA) is 98.8 Å². The molecule has 9 heteroatoms. The van der Waals surface area contributed by atoms with E-state index in [2.05, 4.69) is 30.8 Å². The van der Waals surface area contributed by atoms with Gasteiger partial charge >= 0.3 is 0 Å². The normalized spacial score (nSPS) is 10.5. The number of anilines is 4. The van der Waals surface area contributed by atoms with Gasteiger partial charge in [-0.1, -0.05) is 11.6 Å². The summed E-state index contributed by atoms with van der Waals surface area (Å²) < 4.78 is 0. The van der Waals surface area contributed by atoms with E-state index < -0.39 is 0 Å². The number of carbonyl (C=O) groups excluding carboxylic acids is 1. The number of nitrogens with zero attached hydrogens (tertiary/aromatic N) is 4. The summed E-state index contributed by atoms with van der Waals surface area (Å²) in [5, 5.41) is 13.5. The Labute approximate surface area is 155 Å². The van der Waals surface area contributed by atoms with Crippen molar-refractivity contribution in [3.8, 4) is 0 Å². The maximum atomic E-state index is 12.2. The van der Waals surface area contributed by atoms with Crippen LogP contribution in [0.2, 0.25) is 5.02 Å². The molecule has 0 bridgehead atoms. The van der Waals surface area contributed by atoms with Gasteiger partial charge in [0.15, 0.2) is 17.5 Å². The van der Waals surface area contributed by atoms with E-state index in [0.717, 1.165) is 5.69 Å². The van der Waals surface area contributed by atoms with Crippen LogP contribution in [0.15, 0.2) is 36.7 Å². The van der Waals surface area contributed by atoms with Gasteiger partial charge in [-0.3, -0.25) is 14.9 Å². The monoisotopic (exact) mass is 371 g/mol. The zero-order chi connectivity index (χ0) is 18.7. The Balaban J connectivity index is 1.80. The van der Waals surface area contributed by atoms with E-state index in [4.69, 9.17) is 11.6 Å². The number of benzene rings is 1. The average Bonchev–Trinajstić information content (AvgIpc) is 3.01. The van der Waals surface area contributed by atoms with Gasteiger partial charge in [0.1, 0.15) is 0 Å². The highest BCUT2D eigenvalue weighted by Crippen LogP contribution is 2.24. The summed E-state index contributed by atoms with van der Waals surface area (Å²) in [7, 11) is 3.35. The number of aromatic amines is 1. The van der Waals surface area contributed by atoms with Crippen LogP contribution >= 0.6 is 11.6 Å². The molecule has 2 aromatic heterocycles. The van der Waals surface area contributed by atoms with Crippen molar-refractivity contribution in [2.45, 2.75) is 6.92 Å². The molecule has 0 aliphatic rings. The number of aryl methyl sites for hydroxylation is 1. The maximum Gasteiger partial charge on any atom is 0.254 e. The van der Waals surface area contributed by atoms with Crippen LogP contribution in [0.1, 0.15) is 16.1 Å².